The summed E-state index contributed by atoms with van der Waals surface area (Å²) < 4.78 is 18.1. The van der Waals surface area contributed by atoms with Gasteiger partial charge in [0.05, 0.1) is 12.2 Å². The number of aromatic nitrogens is 1. The summed E-state index contributed by atoms with van der Waals surface area (Å²) in [6, 6.07) is 5.15. The van der Waals surface area contributed by atoms with Gasteiger partial charge in [-0.1, -0.05) is 24.2 Å². The zero-order valence-corrected chi connectivity index (χ0v) is 14.9. The lowest BCUT2D eigenvalue weighted by Crippen LogP contribution is -2.44. The molecule has 0 saturated heterocycles. The van der Waals surface area contributed by atoms with Crippen LogP contribution in [0.1, 0.15) is 42.3 Å². The van der Waals surface area contributed by atoms with Gasteiger partial charge in [-0.2, -0.15) is 0 Å². The first-order valence-electron chi connectivity index (χ1n) is 8.13. The molecule has 136 valence electrons. The third-order valence-corrected chi connectivity index (χ3v) is 4.21. The van der Waals surface area contributed by atoms with E-state index in [1.54, 1.807) is 6.92 Å². The van der Waals surface area contributed by atoms with Crippen LogP contribution in [0.3, 0.4) is 0 Å². The largest absolute Gasteiger partial charge is 0.384 e. The standard InChI is InChI=1S/C18H24FN3O3/c1-11(16-12(2)22-25-13(16)3)9-20-17(23)21-10-18(4,24)14-5-7-15(19)8-6-14/h5-8,11,24H,9-10H2,1-4H3,(H2,20,21,23). The van der Waals surface area contributed by atoms with Crippen molar-refractivity contribution in [2.45, 2.75) is 39.2 Å². The number of carbonyl (C=O) groups excluding carboxylic acids is 1. The maximum absolute atomic E-state index is 13.0. The van der Waals surface area contributed by atoms with Crippen LogP contribution in [0.5, 0.6) is 0 Å². The van der Waals surface area contributed by atoms with Gasteiger partial charge >= 0.3 is 6.03 Å². The SMILES string of the molecule is Cc1noc(C)c1C(C)CNC(=O)NCC(C)(O)c1ccc(F)cc1. The predicted molar refractivity (Wildman–Crippen MR) is 91.8 cm³/mol. The Kier molecular flexibility index (Phi) is 5.79. The van der Waals surface area contributed by atoms with E-state index in [1.165, 1.54) is 24.3 Å². The molecule has 3 N–H and O–H groups in total. The lowest BCUT2D eigenvalue weighted by Gasteiger charge is -2.24. The zero-order chi connectivity index (χ0) is 18.6. The van der Waals surface area contributed by atoms with Gasteiger partial charge in [0.2, 0.25) is 0 Å². The second-order valence-corrected chi connectivity index (χ2v) is 6.48. The predicted octanol–water partition coefficient (Wildman–Crippen LogP) is 2.74. The first-order chi connectivity index (χ1) is 11.7. The molecule has 0 fully saturated rings. The van der Waals surface area contributed by atoms with Crippen LogP contribution in [0.2, 0.25) is 0 Å². The molecule has 0 spiro atoms. The van der Waals surface area contributed by atoms with E-state index in [1.807, 2.05) is 20.8 Å². The van der Waals surface area contributed by atoms with Crippen molar-refractivity contribution < 1.29 is 18.8 Å². The second kappa shape index (κ2) is 7.65. The van der Waals surface area contributed by atoms with E-state index in [-0.39, 0.29) is 24.3 Å². The maximum atomic E-state index is 13.0. The molecule has 0 aliphatic rings. The van der Waals surface area contributed by atoms with Gasteiger partial charge < -0.3 is 20.3 Å². The second-order valence-electron chi connectivity index (χ2n) is 6.48. The molecule has 2 unspecified atom stereocenters. The quantitative estimate of drug-likeness (QED) is 0.748. The molecule has 2 rings (SSSR count). The van der Waals surface area contributed by atoms with Gasteiger partial charge in [0.1, 0.15) is 17.2 Å². The van der Waals surface area contributed by atoms with Crippen molar-refractivity contribution in [2.75, 3.05) is 13.1 Å². The van der Waals surface area contributed by atoms with Gasteiger partial charge in [-0.25, -0.2) is 9.18 Å². The minimum absolute atomic E-state index is 0.00414. The Balaban J connectivity index is 1.85. The Morgan fingerprint density at radius 2 is 1.96 bits per heavy atom. The summed E-state index contributed by atoms with van der Waals surface area (Å²) in [5, 5.41) is 19.8. The Bertz CT molecular complexity index is 706. The molecular weight excluding hydrogens is 325 g/mol. The summed E-state index contributed by atoms with van der Waals surface area (Å²) in [6.07, 6.45) is 0. The fourth-order valence-corrected chi connectivity index (χ4v) is 2.77. The van der Waals surface area contributed by atoms with Crippen LogP contribution in [-0.2, 0) is 5.60 Å². The van der Waals surface area contributed by atoms with Crippen molar-refractivity contribution in [2.24, 2.45) is 0 Å². The summed E-state index contributed by atoms with van der Waals surface area (Å²) in [7, 11) is 0. The molecule has 7 heteroatoms. The molecule has 2 atom stereocenters. The third kappa shape index (κ3) is 4.79. The Morgan fingerprint density at radius 3 is 2.52 bits per heavy atom. The monoisotopic (exact) mass is 349 g/mol. The van der Waals surface area contributed by atoms with E-state index in [4.69, 9.17) is 4.52 Å². The number of carbonyl (C=O) groups is 1. The van der Waals surface area contributed by atoms with Gasteiger partial charge in [0.15, 0.2) is 0 Å². The highest BCUT2D eigenvalue weighted by Crippen LogP contribution is 2.22. The molecule has 1 aromatic carbocycles. The summed E-state index contributed by atoms with van der Waals surface area (Å²) in [4.78, 5) is 12.0. The summed E-state index contributed by atoms with van der Waals surface area (Å²) in [6.45, 7) is 7.65. The third-order valence-electron chi connectivity index (χ3n) is 4.21. The minimum Gasteiger partial charge on any atom is -0.384 e. The van der Waals surface area contributed by atoms with Gasteiger partial charge in [0.25, 0.3) is 0 Å². The topological polar surface area (TPSA) is 87.4 Å². The number of nitrogens with zero attached hydrogens (tertiary/aromatic N) is 1. The van der Waals surface area contributed by atoms with Crippen LogP contribution in [0.4, 0.5) is 9.18 Å². The first-order valence-corrected chi connectivity index (χ1v) is 8.13. The Morgan fingerprint density at radius 1 is 1.32 bits per heavy atom. The molecule has 2 amide bonds. The lowest BCUT2D eigenvalue weighted by molar-refractivity contribution is 0.0593. The number of amides is 2. The van der Waals surface area contributed by atoms with E-state index in [2.05, 4.69) is 15.8 Å². The number of aryl methyl sites for hydroxylation is 2. The van der Waals surface area contributed by atoms with Crippen molar-refractivity contribution in [1.82, 2.24) is 15.8 Å². The molecule has 6 nitrogen and oxygen atoms in total. The molecule has 25 heavy (non-hydrogen) atoms. The number of hydrogen-bond donors (Lipinski definition) is 3. The van der Waals surface area contributed by atoms with Crippen LogP contribution < -0.4 is 10.6 Å². The minimum atomic E-state index is -1.29. The smallest absolute Gasteiger partial charge is 0.314 e. The summed E-state index contributed by atoms with van der Waals surface area (Å²) in [5.74, 6) is 0.416. The molecule has 0 saturated carbocycles. The number of urea groups is 1. The van der Waals surface area contributed by atoms with Crippen molar-refractivity contribution in [3.63, 3.8) is 0 Å². The van der Waals surface area contributed by atoms with Crippen LogP contribution in [-0.4, -0.2) is 29.4 Å². The fraction of sp³-hybridized carbons (Fsp3) is 0.444. The highest BCUT2D eigenvalue weighted by molar-refractivity contribution is 5.74. The average molecular weight is 349 g/mol. The molecule has 0 aliphatic heterocycles. The number of rotatable bonds is 6. The van der Waals surface area contributed by atoms with Crippen LogP contribution in [0.15, 0.2) is 28.8 Å². The zero-order valence-electron chi connectivity index (χ0n) is 14.9. The number of hydrogen-bond acceptors (Lipinski definition) is 4. The van der Waals surface area contributed by atoms with E-state index < -0.39 is 5.60 Å². The first kappa shape index (κ1) is 18.9. The van der Waals surface area contributed by atoms with Gasteiger partial charge in [0, 0.05) is 18.0 Å². The van der Waals surface area contributed by atoms with Gasteiger partial charge in [-0.3, -0.25) is 0 Å². The van der Waals surface area contributed by atoms with Crippen molar-refractivity contribution in [1.29, 1.82) is 0 Å². The fourth-order valence-electron chi connectivity index (χ4n) is 2.77. The van der Waals surface area contributed by atoms with Crippen LogP contribution in [0, 0.1) is 19.7 Å². The number of benzene rings is 1. The van der Waals surface area contributed by atoms with Crippen LogP contribution >= 0.6 is 0 Å². The van der Waals surface area contributed by atoms with Crippen LogP contribution in [0.25, 0.3) is 0 Å². The van der Waals surface area contributed by atoms with E-state index in [0.29, 0.717) is 12.1 Å². The van der Waals surface area contributed by atoms with Crippen molar-refractivity contribution in [3.8, 4) is 0 Å². The molecule has 0 aliphatic carbocycles. The molecule has 0 radical (unpaired) electrons. The number of nitrogens with one attached hydrogen (secondary N) is 2. The molecule has 1 heterocycles. The number of halogens is 1. The van der Waals surface area contributed by atoms with E-state index in [0.717, 1.165) is 17.0 Å². The van der Waals surface area contributed by atoms with E-state index >= 15 is 0 Å². The van der Waals surface area contributed by atoms with Crippen molar-refractivity contribution in [3.05, 3.63) is 52.7 Å². The summed E-state index contributed by atoms with van der Waals surface area (Å²) >= 11 is 0. The Hall–Kier alpha value is -2.41. The highest BCUT2D eigenvalue weighted by atomic mass is 19.1. The highest BCUT2D eigenvalue weighted by Gasteiger charge is 2.24. The lowest BCUT2D eigenvalue weighted by atomic mass is 9.96. The van der Waals surface area contributed by atoms with Gasteiger partial charge in [-0.05, 0) is 38.5 Å². The Labute approximate surface area is 146 Å². The molecule has 1 aromatic heterocycles. The average Bonchev–Trinajstić information content (AvgIpc) is 2.90. The van der Waals surface area contributed by atoms with E-state index in [9.17, 15) is 14.3 Å². The molecular formula is C18H24FN3O3. The van der Waals surface area contributed by atoms with Crippen molar-refractivity contribution >= 4 is 6.03 Å². The molecule has 2 aromatic rings. The van der Waals surface area contributed by atoms with Gasteiger partial charge in [-0.15, -0.1) is 0 Å². The molecule has 0 bridgehead atoms. The normalized spacial score (nSPS) is 14.6. The maximum Gasteiger partial charge on any atom is 0.314 e. The summed E-state index contributed by atoms with van der Waals surface area (Å²) in [5.41, 5.74) is 1.03. The number of aliphatic hydroxyl groups is 1.